The molecule has 0 radical (unpaired) electrons. The molecule has 4 heteroatoms. The molecule has 130 valence electrons. The molecule has 3 nitrogen and oxygen atoms in total. The zero-order chi connectivity index (χ0) is 16.6. The second kappa shape index (κ2) is 14.4. The lowest BCUT2D eigenvalue weighted by molar-refractivity contribution is 0.143. The summed E-state index contributed by atoms with van der Waals surface area (Å²) in [5, 5.41) is 4.85. The van der Waals surface area contributed by atoms with Crippen molar-refractivity contribution in [1.82, 2.24) is 5.32 Å². The standard InChI is InChI=1S/C19H31NO2S/c1-2-3-4-5-6-7-8-9-10-11-14-20-19(21)22-15-12-18-13-16-23-17-18/h8-11,13,16,18H,2-7,12,14-15,17H2,1H3,(H,20,21)/b9-8+,11-10+. The maximum absolute atomic E-state index is 11.5. The molecule has 0 aromatic heterocycles. The van der Waals surface area contributed by atoms with Crippen LogP contribution in [0.3, 0.4) is 0 Å². The first-order chi connectivity index (χ1) is 11.3. The smallest absolute Gasteiger partial charge is 0.407 e. The molecule has 1 N–H and O–H groups in total. The third-order valence-corrected chi connectivity index (χ3v) is 4.67. The third kappa shape index (κ3) is 12.0. The number of carbonyl (C=O) groups excluding carboxylic acids is 1. The molecule has 0 spiro atoms. The van der Waals surface area contributed by atoms with Crippen LogP contribution in [0, 0.1) is 5.92 Å². The molecule has 1 heterocycles. The van der Waals surface area contributed by atoms with Gasteiger partial charge in [0, 0.05) is 12.3 Å². The van der Waals surface area contributed by atoms with Gasteiger partial charge in [0.25, 0.3) is 0 Å². The zero-order valence-electron chi connectivity index (χ0n) is 14.3. The van der Waals surface area contributed by atoms with Gasteiger partial charge >= 0.3 is 6.09 Å². The molecule has 0 fully saturated rings. The van der Waals surface area contributed by atoms with E-state index in [2.05, 4.69) is 35.9 Å². The summed E-state index contributed by atoms with van der Waals surface area (Å²) in [6, 6.07) is 0. The molecule has 0 aliphatic carbocycles. The van der Waals surface area contributed by atoms with Gasteiger partial charge in [0.15, 0.2) is 0 Å². The minimum Gasteiger partial charge on any atom is -0.450 e. The number of rotatable bonds is 12. The Labute approximate surface area is 145 Å². The summed E-state index contributed by atoms with van der Waals surface area (Å²) in [7, 11) is 0. The number of unbranched alkanes of at least 4 members (excludes halogenated alkanes) is 5. The van der Waals surface area contributed by atoms with Gasteiger partial charge < -0.3 is 10.1 Å². The largest absolute Gasteiger partial charge is 0.450 e. The maximum Gasteiger partial charge on any atom is 0.407 e. The Bertz CT molecular complexity index is 391. The van der Waals surface area contributed by atoms with Gasteiger partial charge in [0.05, 0.1) is 6.61 Å². The summed E-state index contributed by atoms with van der Waals surface area (Å²) in [5.41, 5.74) is 0. The SMILES string of the molecule is CCCCCCC/C=C/C=C/CNC(=O)OCCC1C=CSC1. The van der Waals surface area contributed by atoms with Crippen molar-refractivity contribution in [1.29, 1.82) is 0 Å². The van der Waals surface area contributed by atoms with Crippen molar-refractivity contribution in [2.75, 3.05) is 18.9 Å². The first-order valence-corrected chi connectivity index (χ1v) is 9.88. The normalized spacial score (nSPS) is 17.3. The van der Waals surface area contributed by atoms with Crippen molar-refractivity contribution in [3.63, 3.8) is 0 Å². The van der Waals surface area contributed by atoms with Crippen LogP contribution >= 0.6 is 11.8 Å². The molecule has 23 heavy (non-hydrogen) atoms. The number of hydrogen-bond donors (Lipinski definition) is 1. The lowest BCUT2D eigenvalue weighted by Crippen LogP contribution is -2.25. The minimum absolute atomic E-state index is 0.329. The van der Waals surface area contributed by atoms with Gasteiger partial charge in [0.1, 0.15) is 0 Å². The molecular formula is C19H31NO2S. The van der Waals surface area contributed by atoms with Crippen molar-refractivity contribution in [3.05, 3.63) is 35.8 Å². The number of hydrogen-bond acceptors (Lipinski definition) is 3. The molecule has 0 saturated carbocycles. The third-order valence-electron chi connectivity index (χ3n) is 3.70. The predicted molar refractivity (Wildman–Crippen MR) is 101 cm³/mol. The second-order valence-electron chi connectivity index (χ2n) is 5.79. The van der Waals surface area contributed by atoms with E-state index < -0.39 is 0 Å². The van der Waals surface area contributed by atoms with Crippen molar-refractivity contribution in [2.24, 2.45) is 5.92 Å². The summed E-state index contributed by atoms with van der Waals surface area (Å²) < 4.78 is 5.15. The summed E-state index contributed by atoms with van der Waals surface area (Å²) in [4.78, 5) is 11.5. The van der Waals surface area contributed by atoms with E-state index in [9.17, 15) is 4.79 Å². The van der Waals surface area contributed by atoms with Crippen LogP contribution in [0.25, 0.3) is 0 Å². The first kappa shape index (κ1) is 19.9. The zero-order valence-corrected chi connectivity index (χ0v) is 15.2. The quantitative estimate of drug-likeness (QED) is 0.380. The Hall–Kier alpha value is -1.16. The number of carbonyl (C=O) groups is 1. The van der Waals surface area contributed by atoms with Crippen LogP contribution in [0.5, 0.6) is 0 Å². The molecular weight excluding hydrogens is 306 g/mol. The van der Waals surface area contributed by atoms with Crippen molar-refractivity contribution < 1.29 is 9.53 Å². The van der Waals surface area contributed by atoms with Crippen molar-refractivity contribution in [3.8, 4) is 0 Å². The molecule has 0 aromatic carbocycles. The molecule has 1 amide bonds. The van der Waals surface area contributed by atoms with Crippen LogP contribution in [0.1, 0.15) is 51.9 Å². The van der Waals surface area contributed by atoms with E-state index in [4.69, 9.17) is 4.74 Å². The highest BCUT2D eigenvalue weighted by atomic mass is 32.2. The number of alkyl carbamates (subject to hydrolysis) is 1. The van der Waals surface area contributed by atoms with E-state index in [0.29, 0.717) is 19.1 Å². The Kier molecular flexibility index (Phi) is 12.5. The van der Waals surface area contributed by atoms with E-state index >= 15 is 0 Å². The van der Waals surface area contributed by atoms with E-state index in [0.717, 1.165) is 18.6 Å². The number of allylic oxidation sites excluding steroid dienone is 4. The molecule has 1 aliphatic rings. The lowest BCUT2D eigenvalue weighted by atomic mass is 10.1. The number of nitrogens with one attached hydrogen (secondary N) is 1. The monoisotopic (exact) mass is 337 g/mol. The van der Waals surface area contributed by atoms with Gasteiger partial charge in [-0.3, -0.25) is 0 Å². The molecule has 0 bridgehead atoms. The molecule has 0 saturated heterocycles. The predicted octanol–water partition coefficient (Wildman–Crippen LogP) is 5.45. The highest BCUT2D eigenvalue weighted by molar-refractivity contribution is 8.02. The van der Waals surface area contributed by atoms with Crippen LogP contribution in [-0.2, 0) is 4.74 Å². The molecule has 0 aromatic rings. The average molecular weight is 338 g/mol. The van der Waals surface area contributed by atoms with Crippen LogP contribution in [0.15, 0.2) is 35.8 Å². The van der Waals surface area contributed by atoms with E-state index in [-0.39, 0.29) is 6.09 Å². The average Bonchev–Trinajstić information content (AvgIpc) is 3.06. The Morgan fingerprint density at radius 3 is 2.87 bits per heavy atom. The molecule has 1 atom stereocenters. The lowest BCUT2D eigenvalue weighted by Gasteiger charge is -2.08. The summed E-state index contributed by atoms with van der Waals surface area (Å²) in [6.07, 6.45) is 18.6. The fraction of sp³-hybridized carbons (Fsp3) is 0.632. The van der Waals surface area contributed by atoms with Crippen LogP contribution < -0.4 is 5.32 Å². The number of amides is 1. The highest BCUT2D eigenvalue weighted by Crippen LogP contribution is 2.22. The Balaban J connectivity index is 1.89. The van der Waals surface area contributed by atoms with Crippen LogP contribution in [-0.4, -0.2) is 25.0 Å². The second-order valence-corrected chi connectivity index (χ2v) is 6.73. The van der Waals surface area contributed by atoms with Gasteiger partial charge in [-0.15, -0.1) is 11.8 Å². The Morgan fingerprint density at radius 1 is 1.26 bits per heavy atom. The topological polar surface area (TPSA) is 38.3 Å². The van der Waals surface area contributed by atoms with Gasteiger partial charge in [-0.25, -0.2) is 4.79 Å². The first-order valence-electron chi connectivity index (χ1n) is 8.83. The molecule has 1 aliphatic heterocycles. The number of ether oxygens (including phenoxy) is 1. The fourth-order valence-corrected chi connectivity index (χ4v) is 3.23. The maximum atomic E-state index is 11.5. The van der Waals surface area contributed by atoms with Gasteiger partial charge in [-0.1, -0.05) is 63.0 Å². The minimum atomic E-state index is -0.329. The van der Waals surface area contributed by atoms with E-state index in [1.807, 2.05) is 23.9 Å². The van der Waals surface area contributed by atoms with Gasteiger partial charge in [-0.2, -0.15) is 0 Å². The summed E-state index contributed by atoms with van der Waals surface area (Å²) in [6.45, 7) is 3.24. The van der Waals surface area contributed by atoms with Crippen LogP contribution in [0.2, 0.25) is 0 Å². The Morgan fingerprint density at radius 2 is 2.09 bits per heavy atom. The summed E-state index contributed by atoms with van der Waals surface area (Å²) in [5.74, 6) is 1.67. The molecule has 1 rings (SSSR count). The van der Waals surface area contributed by atoms with E-state index in [1.54, 1.807) is 0 Å². The van der Waals surface area contributed by atoms with E-state index in [1.165, 1.54) is 32.1 Å². The van der Waals surface area contributed by atoms with Gasteiger partial charge in [0.2, 0.25) is 0 Å². The molecule has 1 unspecified atom stereocenters. The van der Waals surface area contributed by atoms with Gasteiger partial charge in [-0.05, 0) is 30.6 Å². The fourth-order valence-electron chi connectivity index (χ4n) is 2.26. The summed E-state index contributed by atoms with van der Waals surface area (Å²) >= 11 is 1.82. The number of thioether (sulfide) groups is 1. The van der Waals surface area contributed by atoms with Crippen molar-refractivity contribution in [2.45, 2.75) is 51.9 Å². The highest BCUT2D eigenvalue weighted by Gasteiger charge is 2.10. The van der Waals surface area contributed by atoms with Crippen molar-refractivity contribution >= 4 is 17.9 Å². The van der Waals surface area contributed by atoms with Crippen LogP contribution in [0.4, 0.5) is 4.79 Å².